The molecule has 0 fully saturated rings. The first-order valence-corrected chi connectivity index (χ1v) is 20.7. The Morgan fingerprint density at radius 1 is 0.489 bits per heavy atom. The molecule has 0 N–H and O–H groups in total. The number of unbranched alkanes of at least 4 members (excludes halogenated alkanes) is 3. The van der Waals surface area contributed by atoms with Crippen LogP contribution in [0.25, 0.3) is 59.9 Å². The monoisotopic (exact) mass is 716 g/mol. The number of hydrogen-bond donors (Lipinski definition) is 0. The van der Waals surface area contributed by atoms with E-state index >= 15 is 0 Å². The van der Waals surface area contributed by atoms with Crippen LogP contribution in [0.2, 0.25) is 4.34 Å². The summed E-state index contributed by atoms with van der Waals surface area (Å²) in [5.74, 6) is 0. The van der Waals surface area contributed by atoms with Crippen LogP contribution in [0, 0.1) is 0 Å². The van der Waals surface area contributed by atoms with Gasteiger partial charge in [0.15, 0.2) is 0 Å². The van der Waals surface area contributed by atoms with Gasteiger partial charge in [-0.2, -0.15) is 0 Å². The lowest BCUT2D eigenvalue weighted by Gasteiger charge is -2.04. The van der Waals surface area contributed by atoms with Gasteiger partial charge in [-0.25, -0.2) is 0 Å². The van der Waals surface area contributed by atoms with Gasteiger partial charge in [0.05, 0.1) is 9.21 Å². The van der Waals surface area contributed by atoms with Crippen LogP contribution in [-0.2, 0) is 12.8 Å². The van der Waals surface area contributed by atoms with E-state index in [1.165, 1.54) is 102 Å². The average Bonchev–Trinajstić information content (AvgIpc) is 3.90. The molecule has 228 valence electrons. The van der Waals surface area contributed by atoms with E-state index in [0.717, 1.165) is 10.8 Å². The maximum atomic E-state index is 6.55. The second-order valence-corrected chi connectivity index (χ2v) is 18.3. The molecule has 7 aromatic rings. The molecule has 0 amide bonds. The minimum atomic E-state index is 0.831. The fourth-order valence-electron chi connectivity index (χ4n) is 5.45. The number of benzene rings is 1. The zero-order chi connectivity index (χ0) is 30.8. The largest absolute Gasteiger partial charge is 0.139 e. The SMILES string of the molecule is CCCCCCc1ccc(-c2ccc(-c3ccc(-c4ccc(-c5ccc(-c6sc(Cl)cc6-c6ccc(CC)cc6)s5)s4)s3)s2)s1. The Kier molecular flexibility index (Phi) is 9.90. The molecule has 0 aliphatic heterocycles. The van der Waals surface area contributed by atoms with Gasteiger partial charge in [-0.15, -0.1) is 68.0 Å². The van der Waals surface area contributed by atoms with Crippen molar-refractivity contribution in [1.82, 2.24) is 0 Å². The van der Waals surface area contributed by atoms with Gasteiger partial charge in [0, 0.05) is 54.3 Å². The van der Waals surface area contributed by atoms with Gasteiger partial charge in [0.25, 0.3) is 0 Å². The maximum Gasteiger partial charge on any atom is 0.0941 e. The fourth-order valence-corrected chi connectivity index (χ4v) is 12.3. The molecule has 0 atom stereocenters. The number of rotatable bonds is 12. The van der Waals surface area contributed by atoms with Crippen LogP contribution in [0.4, 0.5) is 0 Å². The number of halogens is 1. The molecule has 7 heteroatoms. The summed E-state index contributed by atoms with van der Waals surface area (Å²) >= 11 is 17.7. The van der Waals surface area contributed by atoms with E-state index in [1.807, 2.05) is 56.7 Å². The van der Waals surface area contributed by atoms with Gasteiger partial charge in [-0.1, -0.05) is 69.0 Å². The molecular weight excluding hydrogens is 684 g/mol. The van der Waals surface area contributed by atoms with Crippen molar-refractivity contribution >= 4 is 79.6 Å². The van der Waals surface area contributed by atoms with Crippen LogP contribution in [0.15, 0.2) is 91.0 Å². The molecule has 0 unspecified atom stereocenters. The van der Waals surface area contributed by atoms with Crippen molar-refractivity contribution in [2.45, 2.75) is 52.4 Å². The third kappa shape index (κ3) is 7.03. The van der Waals surface area contributed by atoms with Crippen molar-refractivity contribution in [3.63, 3.8) is 0 Å². The van der Waals surface area contributed by atoms with E-state index in [9.17, 15) is 0 Å². The van der Waals surface area contributed by atoms with Crippen molar-refractivity contribution in [2.24, 2.45) is 0 Å². The fraction of sp³-hybridized carbons (Fsp3) is 0.211. The van der Waals surface area contributed by atoms with Crippen molar-refractivity contribution in [3.8, 4) is 59.9 Å². The van der Waals surface area contributed by atoms with Crippen LogP contribution in [0.5, 0.6) is 0 Å². The molecule has 0 radical (unpaired) electrons. The topological polar surface area (TPSA) is 0 Å². The zero-order valence-electron chi connectivity index (χ0n) is 25.2. The highest BCUT2D eigenvalue weighted by Gasteiger charge is 2.17. The molecule has 0 bridgehead atoms. The second kappa shape index (κ2) is 14.2. The Bertz CT molecular complexity index is 2000. The Labute approximate surface area is 295 Å². The molecule has 45 heavy (non-hydrogen) atoms. The van der Waals surface area contributed by atoms with Gasteiger partial charge >= 0.3 is 0 Å². The molecule has 0 aliphatic carbocycles. The van der Waals surface area contributed by atoms with Gasteiger partial charge in [-0.05, 0) is 97.1 Å². The highest BCUT2D eigenvalue weighted by atomic mass is 35.5. The second-order valence-electron chi connectivity index (χ2n) is 11.1. The van der Waals surface area contributed by atoms with Crippen LogP contribution in [-0.4, -0.2) is 0 Å². The van der Waals surface area contributed by atoms with E-state index in [1.54, 1.807) is 11.3 Å². The van der Waals surface area contributed by atoms with Crippen LogP contribution in [0.1, 0.15) is 50.0 Å². The van der Waals surface area contributed by atoms with Crippen molar-refractivity contribution in [2.75, 3.05) is 0 Å². The van der Waals surface area contributed by atoms with E-state index in [2.05, 4.69) is 105 Å². The van der Waals surface area contributed by atoms with Crippen molar-refractivity contribution < 1.29 is 0 Å². The molecule has 1 aromatic carbocycles. The highest BCUT2D eigenvalue weighted by molar-refractivity contribution is 7.30. The summed E-state index contributed by atoms with van der Waals surface area (Å²) in [5, 5.41) is 0. The normalized spacial score (nSPS) is 11.5. The van der Waals surface area contributed by atoms with Crippen LogP contribution < -0.4 is 0 Å². The number of aryl methyl sites for hydroxylation is 2. The standard InChI is InChI=1S/C38H33ClS6/c1-3-5-6-7-8-26-13-14-28(40-26)29-15-16-30(41-29)31-17-18-32(42-31)33-19-20-34(43-33)35-21-22-36(44-35)38-27(23-37(39)45-38)25-11-9-24(4-2)10-12-25/h9-23H,3-8H2,1-2H3. The molecule has 0 nitrogen and oxygen atoms in total. The molecule has 7 rings (SSSR count). The molecule has 0 saturated carbocycles. The lowest BCUT2D eigenvalue weighted by molar-refractivity contribution is 0.670. The Morgan fingerprint density at radius 3 is 1.51 bits per heavy atom. The predicted octanol–water partition coefficient (Wildman–Crippen LogP) is 15.4. The quantitative estimate of drug-likeness (QED) is 0.110. The van der Waals surface area contributed by atoms with Gasteiger partial charge in [-0.3, -0.25) is 0 Å². The van der Waals surface area contributed by atoms with E-state index in [0.29, 0.717) is 0 Å². The first kappa shape index (κ1) is 31.3. The molecular formula is C38H33ClS6. The third-order valence-corrected chi connectivity index (χ3v) is 15.6. The highest BCUT2D eigenvalue weighted by Crippen LogP contribution is 2.48. The summed E-state index contributed by atoms with van der Waals surface area (Å²) in [7, 11) is 0. The molecule has 6 aromatic heterocycles. The van der Waals surface area contributed by atoms with E-state index < -0.39 is 0 Å². The summed E-state index contributed by atoms with van der Waals surface area (Å²) in [4.78, 5) is 14.8. The van der Waals surface area contributed by atoms with E-state index in [4.69, 9.17) is 11.6 Å². The molecule has 0 spiro atoms. The molecule has 0 saturated heterocycles. The smallest absolute Gasteiger partial charge is 0.0941 e. The van der Waals surface area contributed by atoms with Crippen molar-refractivity contribution in [3.05, 3.63) is 106 Å². The molecule has 6 heterocycles. The predicted molar refractivity (Wildman–Crippen MR) is 209 cm³/mol. The minimum Gasteiger partial charge on any atom is -0.139 e. The van der Waals surface area contributed by atoms with Gasteiger partial charge < -0.3 is 0 Å². The number of hydrogen-bond acceptors (Lipinski definition) is 6. The zero-order valence-corrected chi connectivity index (χ0v) is 30.9. The lowest BCUT2D eigenvalue weighted by Crippen LogP contribution is -1.81. The average molecular weight is 718 g/mol. The summed E-state index contributed by atoms with van der Waals surface area (Å²) in [5.41, 5.74) is 3.80. The van der Waals surface area contributed by atoms with E-state index in [-0.39, 0.29) is 0 Å². The summed E-state index contributed by atoms with van der Waals surface area (Å²) in [6, 6.07) is 33.9. The Hall–Kier alpha value is -2.29. The van der Waals surface area contributed by atoms with Crippen LogP contribution >= 0.6 is 79.6 Å². The summed E-state index contributed by atoms with van der Waals surface area (Å²) < 4.78 is 0.831. The Balaban J connectivity index is 1.06. The third-order valence-electron chi connectivity index (χ3n) is 7.93. The summed E-state index contributed by atoms with van der Waals surface area (Å²) in [6.45, 7) is 4.47. The Morgan fingerprint density at radius 2 is 0.978 bits per heavy atom. The van der Waals surface area contributed by atoms with Crippen LogP contribution in [0.3, 0.4) is 0 Å². The maximum absolute atomic E-state index is 6.55. The number of thiophene rings is 6. The molecule has 0 aliphatic rings. The van der Waals surface area contributed by atoms with Crippen molar-refractivity contribution in [1.29, 1.82) is 0 Å². The van der Waals surface area contributed by atoms with Gasteiger partial charge in [0.2, 0.25) is 0 Å². The minimum absolute atomic E-state index is 0.831. The first-order valence-electron chi connectivity index (χ1n) is 15.5. The van der Waals surface area contributed by atoms with Gasteiger partial charge in [0.1, 0.15) is 0 Å². The first-order chi connectivity index (χ1) is 22.1. The summed E-state index contributed by atoms with van der Waals surface area (Å²) in [6.07, 6.45) is 7.54. The lowest BCUT2D eigenvalue weighted by atomic mass is 10.0.